The van der Waals surface area contributed by atoms with Crippen molar-refractivity contribution in [3.63, 3.8) is 0 Å². The van der Waals surface area contributed by atoms with E-state index in [4.69, 9.17) is 0 Å². The van der Waals surface area contributed by atoms with Crippen LogP contribution in [0.5, 0.6) is 0 Å². The van der Waals surface area contributed by atoms with Gasteiger partial charge in [0, 0.05) is 25.2 Å². The molecule has 1 aliphatic rings. The van der Waals surface area contributed by atoms with Crippen LogP contribution in [0.3, 0.4) is 0 Å². The van der Waals surface area contributed by atoms with Crippen LogP contribution in [0.1, 0.15) is 47.5 Å². The third kappa shape index (κ3) is 3.46. The quantitative estimate of drug-likeness (QED) is 0.749. The van der Waals surface area contributed by atoms with Crippen LogP contribution in [-0.2, 0) is 0 Å². The third-order valence-corrected chi connectivity index (χ3v) is 3.89. The number of hydrogen-bond acceptors (Lipinski definition) is 2. The van der Waals surface area contributed by atoms with Crippen molar-refractivity contribution in [2.45, 2.75) is 59.5 Å². The summed E-state index contributed by atoms with van der Waals surface area (Å²) in [5.41, 5.74) is 0. The minimum atomic E-state index is 0.757. The molecule has 0 amide bonds. The Labute approximate surface area is 102 Å². The SMILES string of the molecule is CCC(CC)N(CC(C)C)C1CNCC1C. The van der Waals surface area contributed by atoms with Crippen LogP contribution < -0.4 is 5.32 Å². The van der Waals surface area contributed by atoms with Gasteiger partial charge in [-0.15, -0.1) is 0 Å². The fourth-order valence-electron chi connectivity index (χ4n) is 2.97. The highest BCUT2D eigenvalue weighted by Crippen LogP contribution is 2.22. The Balaban J connectivity index is 2.68. The molecule has 0 bridgehead atoms. The van der Waals surface area contributed by atoms with E-state index in [0.29, 0.717) is 0 Å². The first-order valence-corrected chi connectivity index (χ1v) is 7.06. The molecule has 16 heavy (non-hydrogen) atoms. The zero-order valence-corrected chi connectivity index (χ0v) is 11.8. The van der Waals surface area contributed by atoms with Gasteiger partial charge in [-0.25, -0.2) is 0 Å². The molecular formula is C14H30N2. The molecule has 96 valence electrons. The minimum Gasteiger partial charge on any atom is -0.315 e. The van der Waals surface area contributed by atoms with E-state index in [0.717, 1.165) is 23.9 Å². The van der Waals surface area contributed by atoms with Gasteiger partial charge in [0.2, 0.25) is 0 Å². The second kappa shape index (κ2) is 6.61. The summed E-state index contributed by atoms with van der Waals surface area (Å²) >= 11 is 0. The molecule has 0 spiro atoms. The van der Waals surface area contributed by atoms with Crippen molar-refractivity contribution in [2.24, 2.45) is 11.8 Å². The van der Waals surface area contributed by atoms with Gasteiger partial charge in [-0.3, -0.25) is 4.90 Å². The van der Waals surface area contributed by atoms with Crippen molar-refractivity contribution >= 4 is 0 Å². The first-order valence-electron chi connectivity index (χ1n) is 7.06. The maximum Gasteiger partial charge on any atom is 0.0261 e. The van der Waals surface area contributed by atoms with Crippen LogP contribution >= 0.6 is 0 Å². The van der Waals surface area contributed by atoms with Crippen molar-refractivity contribution in [2.75, 3.05) is 19.6 Å². The van der Waals surface area contributed by atoms with E-state index in [9.17, 15) is 0 Å². The summed E-state index contributed by atoms with van der Waals surface area (Å²) in [5, 5.41) is 3.54. The molecule has 0 aromatic carbocycles. The highest BCUT2D eigenvalue weighted by molar-refractivity contribution is 4.89. The molecule has 1 heterocycles. The fraction of sp³-hybridized carbons (Fsp3) is 1.00. The summed E-state index contributed by atoms with van der Waals surface area (Å²) in [6, 6.07) is 1.53. The lowest BCUT2D eigenvalue weighted by atomic mass is 9.98. The van der Waals surface area contributed by atoms with E-state index < -0.39 is 0 Å². The standard InChI is InChI=1S/C14H30N2/c1-6-13(7-2)16(10-11(3)4)14-9-15-8-12(14)5/h11-15H,6-10H2,1-5H3. The van der Waals surface area contributed by atoms with Gasteiger partial charge in [-0.2, -0.15) is 0 Å². The molecule has 2 unspecified atom stereocenters. The lowest BCUT2D eigenvalue weighted by Crippen LogP contribution is -2.48. The third-order valence-electron chi connectivity index (χ3n) is 3.89. The van der Waals surface area contributed by atoms with Gasteiger partial charge in [0.1, 0.15) is 0 Å². The second-order valence-corrected chi connectivity index (χ2v) is 5.76. The van der Waals surface area contributed by atoms with Crippen LogP contribution in [0.2, 0.25) is 0 Å². The Morgan fingerprint density at radius 2 is 1.81 bits per heavy atom. The zero-order valence-electron chi connectivity index (χ0n) is 11.8. The summed E-state index contributed by atoms with van der Waals surface area (Å²) in [7, 11) is 0. The van der Waals surface area contributed by atoms with Crippen LogP contribution in [0.4, 0.5) is 0 Å². The van der Waals surface area contributed by atoms with Crippen molar-refractivity contribution < 1.29 is 0 Å². The highest BCUT2D eigenvalue weighted by Gasteiger charge is 2.32. The van der Waals surface area contributed by atoms with Crippen molar-refractivity contribution in [3.05, 3.63) is 0 Å². The number of hydrogen-bond donors (Lipinski definition) is 1. The maximum atomic E-state index is 3.54. The minimum absolute atomic E-state index is 0.757. The topological polar surface area (TPSA) is 15.3 Å². The summed E-state index contributed by atoms with van der Waals surface area (Å²) in [4.78, 5) is 2.77. The smallest absolute Gasteiger partial charge is 0.0261 e. The van der Waals surface area contributed by atoms with Gasteiger partial charge in [0.25, 0.3) is 0 Å². The monoisotopic (exact) mass is 226 g/mol. The summed E-state index contributed by atoms with van der Waals surface area (Å²) < 4.78 is 0. The summed E-state index contributed by atoms with van der Waals surface area (Å²) in [6.07, 6.45) is 2.57. The Kier molecular flexibility index (Phi) is 5.77. The van der Waals surface area contributed by atoms with Crippen LogP contribution in [0.15, 0.2) is 0 Å². The normalized spacial score (nSPS) is 26.2. The van der Waals surface area contributed by atoms with E-state index in [2.05, 4.69) is 44.8 Å². The largest absolute Gasteiger partial charge is 0.315 e. The van der Waals surface area contributed by atoms with Crippen LogP contribution in [-0.4, -0.2) is 36.6 Å². The molecule has 0 aromatic heterocycles. The first-order chi connectivity index (χ1) is 7.60. The molecule has 2 heteroatoms. The van der Waals surface area contributed by atoms with E-state index >= 15 is 0 Å². The lowest BCUT2D eigenvalue weighted by Gasteiger charge is -2.38. The fourth-order valence-corrected chi connectivity index (χ4v) is 2.97. The van der Waals surface area contributed by atoms with Crippen LogP contribution in [0.25, 0.3) is 0 Å². The van der Waals surface area contributed by atoms with Gasteiger partial charge in [-0.1, -0.05) is 34.6 Å². The van der Waals surface area contributed by atoms with Gasteiger partial charge < -0.3 is 5.32 Å². The average molecular weight is 226 g/mol. The van der Waals surface area contributed by atoms with Crippen LogP contribution in [0, 0.1) is 11.8 Å². The van der Waals surface area contributed by atoms with E-state index in [1.165, 1.54) is 32.5 Å². The van der Waals surface area contributed by atoms with Crippen molar-refractivity contribution in [1.29, 1.82) is 0 Å². The van der Waals surface area contributed by atoms with E-state index in [1.807, 2.05) is 0 Å². The molecule has 2 nitrogen and oxygen atoms in total. The van der Waals surface area contributed by atoms with E-state index in [-0.39, 0.29) is 0 Å². The molecule has 0 radical (unpaired) electrons. The molecule has 1 saturated heterocycles. The lowest BCUT2D eigenvalue weighted by molar-refractivity contribution is 0.0980. The predicted octanol–water partition coefficient (Wildman–Crippen LogP) is 2.74. The van der Waals surface area contributed by atoms with Gasteiger partial charge in [0.05, 0.1) is 0 Å². The summed E-state index contributed by atoms with van der Waals surface area (Å²) in [6.45, 7) is 15.3. The first kappa shape index (κ1) is 14.0. The average Bonchev–Trinajstić information content (AvgIpc) is 2.64. The molecule has 1 rings (SSSR count). The highest BCUT2D eigenvalue weighted by atomic mass is 15.2. The molecular weight excluding hydrogens is 196 g/mol. The Morgan fingerprint density at radius 1 is 1.19 bits per heavy atom. The predicted molar refractivity (Wildman–Crippen MR) is 71.7 cm³/mol. The second-order valence-electron chi connectivity index (χ2n) is 5.76. The molecule has 2 atom stereocenters. The van der Waals surface area contributed by atoms with Gasteiger partial charge in [-0.05, 0) is 31.2 Å². The van der Waals surface area contributed by atoms with Gasteiger partial charge >= 0.3 is 0 Å². The van der Waals surface area contributed by atoms with Crippen molar-refractivity contribution in [3.8, 4) is 0 Å². The Morgan fingerprint density at radius 3 is 2.19 bits per heavy atom. The summed E-state index contributed by atoms with van der Waals surface area (Å²) in [5.74, 6) is 1.58. The zero-order chi connectivity index (χ0) is 12.1. The molecule has 0 aromatic rings. The number of rotatable bonds is 6. The van der Waals surface area contributed by atoms with Crippen molar-refractivity contribution in [1.82, 2.24) is 10.2 Å². The molecule has 1 fully saturated rings. The number of nitrogens with one attached hydrogen (secondary N) is 1. The Bertz CT molecular complexity index is 187. The van der Waals surface area contributed by atoms with E-state index in [1.54, 1.807) is 0 Å². The molecule has 1 N–H and O–H groups in total. The molecule has 0 aliphatic carbocycles. The molecule has 0 saturated carbocycles. The molecule has 1 aliphatic heterocycles. The Hall–Kier alpha value is -0.0800. The van der Waals surface area contributed by atoms with Gasteiger partial charge in [0.15, 0.2) is 0 Å². The maximum absolute atomic E-state index is 3.54. The number of nitrogens with zero attached hydrogens (tertiary/aromatic N) is 1.